The molecular weight excluding hydrogens is 404 g/mol. The fraction of sp³-hybridized carbons (Fsp3) is 0.500. The number of fused-ring (bicyclic) bond motifs is 3. The molecule has 0 bridgehead atoms. The average Bonchev–Trinajstić information content (AvgIpc) is 3.10. The first-order valence-corrected chi connectivity index (χ1v) is 11.4. The fourth-order valence-corrected chi connectivity index (χ4v) is 6.19. The number of carbonyl (C=O) groups is 2. The first kappa shape index (κ1) is 21.1. The number of pyridine rings is 1. The Morgan fingerprint density at radius 3 is 2.94 bits per heavy atom. The summed E-state index contributed by atoms with van der Waals surface area (Å²) >= 11 is 0. The molecule has 1 aromatic rings. The lowest BCUT2D eigenvalue weighted by Gasteiger charge is -2.44. The van der Waals surface area contributed by atoms with Crippen LogP contribution in [-0.4, -0.2) is 42.5 Å². The van der Waals surface area contributed by atoms with E-state index in [0.717, 1.165) is 17.8 Å². The number of amides is 1. The molecule has 1 amide bonds. The highest BCUT2D eigenvalue weighted by molar-refractivity contribution is 6.00. The SMILES string of the molecule is CO[C@@H]1C[C@H]2[C@@H]3OC4=C(C=C3C=C[C@]2(C)[C@H]1c1cccnc1)C(=O)CC(CNC(C)=O)C4. The number of hydrogen-bond donors (Lipinski definition) is 1. The predicted molar refractivity (Wildman–Crippen MR) is 120 cm³/mol. The number of nitrogens with zero attached hydrogens (tertiary/aromatic N) is 1. The van der Waals surface area contributed by atoms with Crippen molar-refractivity contribution in [3.8, 4) is 0 Å². The number of nitrogens with one attached hydrogen (secondary N) is 1. The van der Waals surface area contributed by atoms with E-state index in [4.69, 9.17) is 9.47 Å². The molecule has 1 aromatic heterocycles. The maximum Gasteiger partial charge on any atom is 0.216 e. The van der Waals surface area contributed by atoms with Crippen molar-refractivity contribution in [3.05, 3.63) is 65.2 Å². The van der Waals surface area contributed by atoms with Gasteiger partial charge < -0.3 is 14.8 Å². The lowest BCUT2D eigenvalue weighted by Crippen LogP contribution is -2.42. The summed E-state index contributed by atoms with van der Waals surface area (Å²) in [6, 6.07) is 4.11. The van der Waals surface area contributed by atoms with E-state index in [1.54, 1.807) is 13.3 Å². The van der Waals surface area contributed by atoms with Crippen LogP contribution in [-0.2, 0) is 19.1 Å². The first-order chi connectivity index (χ1) is 15.4. The van der Waals surface area contributed by atoms with Gasteiger partial charge in [-0.25, -0.2) is 0 Å². The second-order valence-corrected chi connectivity index (χ2v) is 9.73. The summed E-state index contributed by atoms with van der Waals surface area (Å²) in [7, 11) is 1.78. The van der Waals surface area contributed by atoms with Crippen molar-refractivity contribution >= 4 is 11.7 Å². The smallest absolute Gasteiger partial charge is 0.216 e. The Labute approximate surface area is 188 Å². The molecule has 4 aliphatic rings. The number of rotatable bonds is 4. The molecule has 1 fully saturated rings. The molecule has 3 aliphatic carbocycles. The molecule has 1 unspecified atom stereocenters. The topological polar surface area (TPSA) is 77.5 Å². The Kier molecular flexibility index (Phi) is 5.28. The van der Waals surface area contributed by atoms with Crippen LogP contribution in [0.25, 0.3) is 0 Å². The standard InChI is InChI=1S/C26H30N2O4/c1-15(29)28-13-16-9-21(30)19-11-17-6-7-26(2)20(25(17)32-22(19)10-16)12-23(31-3)24(26)18-5-4-8-27-14-18/h4-8,11,14,16,20,23-25H,9-10,12-13H2,1-3H3,(H,28,29)/t16?,20-,23+,24-,25+,26-/m0/s1. The minimum absolute atomic E-state index is 0.0673. The molecule has 0 spiro atoms. The third-order valence-corrected chi connectivity index (χ3v) is 7.77. The number of hydrogen-bond acceptors (Lipinski definition) is 5. The molecule has 6 heteroatoms. The van der Waals surface area contributed by atoms with Gasteiger partial charge in [0.1, 0.15) is 11.9 Å². The number of methoxy groups -OCH3 is 1. The van der Waals surface area contributed by atoms with Crippen LogP contribution in [0.1, 0.15) is 44.6 Å². The van der Waals surface area contributed by atoms with E-state index < -0.39 is 0 Å². The average molecular weight is 435 g/mol. The zero-order chi connectivity index (χ0) is 22.5. The Hall–Kier alpha value is -2.73. The lowest BCUT2D eigenvalue weighted by molar-refractivity contribution is -0.120. The molecule has 0 radical (unpaired) electrons. The minimum Gasteiger partial charge on any atom is -0.489 e. The molecule has 6 atom stereocenters. The van der Waals surface area contributed by atoms with Crippen LogP contribution >= 0.6 is 0 Å². The lowest BCUT2D eigenvalue weighted by atomic mass is 9.64. The van der Waals surface area contributed by atoms with E-state index in [-0.39, 0.29) is 47.1 Å². The molecule has 1 saturated carbocycles. The molecule has 1 N–H and O–H groups in total. The van der Waals surface area contributed by atoms with Crippen molar-refractivity contribution in [2.75, 3.05) is 13.7 Å². The van der Waals surface area contributed by atoms with Crippen LogP contribution in [0.5, 0.6) is 0 Å². The maximum absolute atomic E-state index is 12.8. The molecule has 5 rings (SSSR count). The van der Waals surface area contributed by atoms with Crippen molar-refractivity contribution in [1.29, 1.82) is 0 Å². The minimum atomic E-state index is -0.141. The highest BCUT2D eigenvalue weighted by atomic mass is 16.5. The normalized spacial score (nSPS) is 35.4. The predicted octanol–water partition coefficient (Wildman–Crippen LogP) is 3.47. The van der Waals surface area contributed by atoms with E-state index in [2.05, 4.69) is 35.4 Å². The van der Waals surface area contributed by atoms with Crippen LogP contribution in [0, 0.1) is 17.3 Å². The van der Waals surface area contributed by atoms with Crippen molar-refractivity contribution in [1.82, 2.24) is 10.3 Å². The van der Waals surface area contributed by atoms with Crippen LogP contribution < -0.4 is 5.32 Å². The van der Waals surface area contributed by atoms with Gasteiger partial charge in [0.05, 0.1) is 11.7 Å². The van der Waals surface area contributed by atoms with E-state index >= 15 is 0 Å². The van der Waals surface area contributed by atoms with Crippen molar-refractivity contribution in [2.45, 2.75) is 51.2 Å². The first-order valence-electron chi connectivity index (χ1n) is 11.4. The van der Waals surface area contributed by atoms with Gasteiger partial charge in [-0.1, -0.05) is 25.1 Å². The van der Waals surface area contributed by atoms with E-state index in [1.165, 1.54) is 12.5 Å². The maximum atomic E-state index is 12.8. The number of ether oxygens (including phenoxy) is 2. The summed E-state index contributed by atoms with van der Waals surface area (Å²) in [6.07, 6.45) is 12.2. The fourth-order valence-electron chi connectivity index (χ4n) is 6.19. The third kappa shape index (κ3) is 3.41. The Morgan fingerprint density at radius 1 is 1.38 bits per heavy atom. The van der Waals surface area contributed by atoms with Gasteiger partial charge in [-0.15, -0.1) is 0 Å². The van der Waals surface area contributed by atoms with Gasteiger partial charge in [0.25, 0.3) is 0 Å². The van der Waals surface area contributed by atoms with Gasteiger partial charge in [-0.2, -0.15) is 0 Å². The quantitative estimate of drug-likeness (QED) is 0.785. The second kappa shape index (κ2) is 8.00. The van der Waals surface area contributed by atoms with Crippen molar-refractivity contribution in [3.63, 3.8) is 0 Å². The molecular formula is C26H30N2O4. The van der Waals surface area contributed by atoms with E-state index in [9.17, 15) is 9.59 Å². The van der Waals surface area contributed by atoms with E-state index in [1.807, 2.05) is 18.3 Å². The summed E-state index contributed by atoms with van der Waals surface area (Å²) < 4.78 is 12.6. The van der Waals surface area contributed by atoms with Gasteiger partial charge in [-0.05, 0) is 35.6 Å². The van der Waals surface area contributed by atoms with E-state index in [0.29, 0.717) is 25.0 Å². The van der Waals surface area contributed by atoms with Crippen LogP contribution in [0.2, 0.25) is 0 Å². The summed E-state index contributed by atoms with van der Waals surface area (Å²) in [5, 5.41) is 2.85. The second-order valence-electron chi connectivity index (χ2n) is 9.73. The van der Waals surface area contributed by atoms with Gasteiger partial charge >= 0.3 is 0 Å². The number of Topliss-reactive ketones (excluding diaryl/α,β-unsaturated/α-hetero) is 1. The molecule has 0 saturated heterocycles. The zero-order valence-corrected chi connectivity index (χ0v) is 18.8. The number of carbonyl (C=O) groups excluding carboxylic acids is 2. The molecule has 0 aromatic carbocycles. The molecule has 2 heterocycles. The molecule has 32 heavy (non-hydrogen) atoms. The highest BCUT2D eigenvalue weighted by Gasteiger charge is 2.57. The van der Waals surface area contributed by atoms with Crippen LogP contribution in [0.3, 0.4) is 0 Å². The van der Waals surface area contributed by atoms with Crippen LogP contribution in [0.15, 0.2) is 59.7 Å². The van der Waals surface area contributed by atoms with Gasteiger partial charge in [0.2, 0.25) is 5.91 Å². The number of allylic oxidation sites excluding steroid dienone is 4. The Morgan fingerprint density at radius 2 is 2.22 bits per heavy atom. The highest BCUT2D eigenvalue weighted by Crippen LogP contribution is 2.60. The van der Waals surface area contributed by atoms with Crippen molar-refractivity contribution in [2.24, 2.45) is 17.3 Å². The molecule has 168 valence electrons. The summed E-state index contributed by atoms with van der Waals surface area (Å²) in [4.78, 5) is 28.5. The summed E-state index contributed by atoms with van der Waals surface area (Å²) in [5.74, 6) is 1.29. The Balaban J connectivity index is 1.45. The van der Waals surface area contributed by atoms with Gasteiger partial charge in [0, 0.05) is 63.1 Å². The molecule has 6 nitrogen and oxygen atoms in total. The summed E-state index contributed by atoms with van der Waals surface area (Å²) in [5.41, 5.74) is 2.81. The molecule has 1 aliphatic heterocycles. The summed E-state index contributed by atoms with van der Waals surface area (Å²) in [6.45, 7) is 4.29. The Bertz CT molecular complexity index is 1030. The van der Waals surface area contributed by atoms with Crippen LogP contribution in [0.4, 0.5) is 0 Å². The largest absolute Gasteiger partial charge is 0.489 e. The monoisotopic (exact) mass is 434 g/mol. The zero-order valence-electron chi connectivity index (χ0n) is 18.8. The third-order valence-electron chi connectivity index (χ3n) is 7.77. The van der Waals surface area contributed by atoms with Crippen molar-refractivity contribution < 1.29 is 19.1 Å². The van der Waals surface area contributed by atoms with Gasteiger partial charge in [-0.3, -0.25) is 14.6 Å². The number of aromatic nitrogens is 1. The number of ketones is 1. The van der Waals surface area contributed by atoms with Gasteiger partial charge in [0.15, 0.2) is 5.78 Å².